The smallest absolute Gasteiger partial charge is 0.242 e. The molecule has 2 aromatic heterocycles. The van der Waals surface area contributed by atoms with E-state index in [9.17, 15) is 18.5 Å². The van der Waals surface area contributed by atoms with Crippen LogP contribution in [0.4, 0.5) is 0 Å². The normalized spacial score (nSPS) is 14.3. The van der Waals surface area contributed by atoms with Crippen molar-refractivity contribution in [1.82, 2.24) is 19.7 Å². The first kappa shape index (κ1) is 20.3. The lowest BCUT2D eigenvalue weighted by Crippen LogP contribution is -2.14. The highest BCUT2D eigenvalue weighted by molar-refractivity contribution is 7.90. The van der Waals surface area contributed by atoms with Crippen molar-refractivity contribution in [2.75, 3.05) is 0 Å². The Hall–Kier alpha value is -3.58. The number of H-pyrrole nitrogens is 1. The quantitative estimate of drug-likeness (QED) is 0.469. The fraction of sp³-hybridized carbons (Fsp3) is 0.0909. The minimum Gasteiger partial charge on any atom is -0.345 e. The third-order valence-corrected chi connectivity index (χ3v) is 7.36. The fourth-order valence-corrected chi connectivity index (χ4v) is 5.68. The van der Waals surface area contributed by atoms with E-state index in [1.165, 1.54) is 18.3 Å². The Bertz CT molecular complexity index is 1660. The molecule has 4 aromatic rings. The number of hydrogen-bond acceptors (Lipinski definition) is 6. The van der Waals surface area contributed by atoms with Crippen LogP contribution in [0, 0.1) is 18.3 Å². The summed E-state index contributed by atoms with van der Waals surface area (Å²) in [7, 11) is -3.66. The van der Waals surface area contributed by atoms with Gasteiger partial charge in [0.2, 0.25) is 15.5 Å². The van der Waals surface area contributed by atoms with Crippen LogP contribution in [-0.2, 0) is 16.6 Å². The maximum atomic E-state index is 12.4. The second-order valence-electron chi connectivity index (χ2n) is 7.32. The molecule has 10 heteroatoms. The predicted molar refractivity (Wildman–Crippen MR) is 120 cm³/mol. The molecular formula is C22H14ClN5O3S. The summed E-state index contributed by atoms with van der Waals surface area (Å²) in [6, 6.07) is 12.0. The highest BCUT2D eigenvalue weighted by Crippen LogP contribution is 2.38. The SMILES string of the molecule is Cc1c(C#N)cccc1-c1nc2[nH]ccc(=O)c2nc1-c1cc(Cl)c2c(c1)CNS2(=O)=O. The lowest BCUT2D eigenvalue weighted by atomic mass is 9.96. The van der Waals surface area contributed by atoms with Crippen molar-refractivity contribution >= 4 is 32.8 Å². The van der Waals surface area contributed by atoms with Crippen LogP contribution in [0.5, 0.6) is 0 Å². The van der Waals surface area contributed by atoms with Crippen LogP contribution in [0.15, 0.2) is 52.3 Å². The van der Waals surface area contributed by atoms with Crippen molar-refractivity contribution < 1.29 is 8.42 Å². The molecule has 0 spiro atoms. The molecule has 0 amide bonds. The predicted octanol–water partition coefficient (Wildman–Crippen LogP) is 3.28. The zero-order chi connectivity index (χ0) is 22.6. The van der Waals surface area contributed by atoms with Crippen LogP contribution in [-0.4, -0.2) is 23.4 Å². The van der Waals surface area contributed by atoms with Crippen LogP contribution in [0.2, 0.25) is 5.02 Å². The van der Waals surface area contributed by atoms with E-state index >= 15 is 0 Å². The van der Waals surface area contributed by atoms with Crippen LogP contribution in [0.3, 0.4) is 0 Å². The summed E-state index contributed by atoms with van der Waals surface area (Å²) in [6.45, 7) is 1.91. The molecule has 0 atom stereocenters. The zero-order valence-corrected chi connectivity index (χ0v) is 18.2. The lowest BCUT2D eigenvalue weighted by Gasteiger charge is -2.14. The molecule has 2 aromatic carbocycles. The van der Waals surface area contributed by atoms with Crippen molar-refractivity contribution in [2.24, 2.45) is 0 Å². The number of fused-ring (bicyclic) bond motifs is 2. The first-order chi connectivity index (χ1) is 15.3. The molecule has 0 radical (unpaired) electrons. The lowest BCUT2D eigenvalue weighted by molar-refractivity contribution is 0.589. The Morgan fingerprint density at radius 3 is 2.75 bits per heavy atom. The third kappa shape index (κ3) is 3.08. The summed E-state index contributed by atoms with van der Waals surface area (Å²) in [5.74, 6) is 0. The number of sulfonamides is 1. The molecule has 32 heavy (non-hydrogen) atoms. The summed E-state index contributed by atoms with van der Waals surface area (Å²) >= 11 is 6.36. The van der Waals surface area contributed by atoms with Gasteiger partial charge in [-0.05, 0) is 36.2 Å². The van der Waals surface area contributed by atoms with Gasteiger partial charge in [-0.1, -0.05) is 23.7 Å². The first-order valence-electron chi connectivity index (χ1n) is 9.52. The molecule has 0 fully saturated rings. The number of halogens is 1. The van der Waals surface area contributed by atoms with Crippen molar-refractivity contribution in [2.45, 2.75) is 18.4 Å². The molecule has 3 heterocycles. The Balaban J connectivity index is 1.87. The van der Waals surface area contributed by atoms with Gasteiger partial charge in [0.05, 0.1) is 28.0 Å². The molecule has 1 aliphatic rings. The average Bonchev–Trinajstić information content (AvgIpc) is 3.08. The van der Waals surface area contributed by atoms with E-state index in [0.29, 0.717) is 44.9 Å². The van der Waals surface area contributed by atoms with E-state index in [1.807, 2.05) is 13.0 Å². The van der Waals surface area contributed by atoms with E-state index in [4.69, 9.17) is 11.6 Å². The van der Waals surface area contributed by atoms with Crippen LogP contribution in [0.1, 0.15) is 16.7 Å². The fourth-order valence-electron chi connectivity index (χ4n) is 3.85. The average molecular weight is 464 g/mol. The Morgan fingerprint density at radius 1 is 1.16 bits per heavy atom. The summed E-state index contributed by atoms with van der Waals surface area (Å²) in [5, 5.41) is 9.52. The van der Waals surface area contributed by atoms with Gasteiger partial charge in [-0.2, -0.15) is 5.26 Å². The summed E-state index contributed by atoms with van der Waals surface area (Å²) in [6.07, 6.45) is 1.49. The van der Waals surface area contributed by atoms with E-state index in [1.54, 1.807) is 18.2 Å². The van der Waals surface area contributed by atoms with Gasteiger partial charge < -0.3 is 4.98 Å². The van der Waals surface area contributed by atoms with E-state index in [-0.39, 0.29) is 27.4 Å². The molecule has 0 saturated carbocycles. The molecule has 8 nitrogen and oxygen atoms in total. The number of pyridine rings is 1. The van der Waals surface area contributed by atoms with Gasteiger partial charge in [-0.25, -0.2) is 23.1 Å². The van der Waals surface area contributed by atoms with Gasteiger partial charge in [-0.15, -0.1) is 0 Å². The summed E-state index contributed by atoms with van der Waals surface area (Å²) in [4.78, 5) is 24.7. The molecular weight excluding hydrogens is 450 g/mol. The van der Waals surface area contributed by atoms with Gasteiger partial charge >= 0.3 is 0 Å². The summed E-state index contributed by atoms with van der Waals surface area (Å²) in [5.41, 5.74) is 3.82. The minimum absolute atomic E-state index is 0.0405. The van der Waals surface area contributed by atoms with E-state index < -0.39 is 10.0 Å². The largest absolute Gasteiger partial charge is 0.345 e. The van der Waals surface area contributed by atoms with E-state index in [0.717, 1.165) is 0 Å². The number of nitriles is 1. The van der Waals surface area contributed by atoms with Crippen molar-refractivity contribution in [3.8, 4) is 28.6 Å². The maximum Gasteiger partial charge on any atom is 0.242 e. The molecule has 1 aliphatic heterocycles. The Morgan fingerprint density at radius 2 is 1.97 bits per heavy atom. The van der Waals surface area contributed by atoms with Crippen LogP contribution in [0.25, 0.3) is 33.7 Å². The Kier molecular flexibility index (Phi) is 4.60. The van der Waals surface area contributed by atoms with Gasteiger partial charge in [0.15, 0.2) is 11.2 Å². The van der Waals surface area contributed by atoms with Gasteiger partial charge in [0.1, 0.15) is 4.90 Å². The molecule has 0 unspecified atom stereocenters. The topological polar surface area (TPSA) is 129 Å². The summed E-state index contributed by atoms with van der Waals surface area (Å²) < 4.78 is 26.9. The number of rotatable bonds is 2. The molecule has 5 rings (SSSR count). The van der Waals surface area contributed by atoms with Gasteiger partial charge in [-0.3, -0.25) is 4.79 Å². The number of benzene rings is 2. The van der Waals surface area contributed by atoms with Crippen molar-refractivity contribution in [1.29, 1.82) is 5.26 Å². The zero-order valence-electron chi connectivity index (χ0n) is 16.6. The van der Waals surface area contributed by atoms with Crippen LogP contribution >= 0.6 is 11.6 Å². The Labute approximate surface area is 187 Å². The number of aromatic nitrogens is 3. The molecule has 158 valence electrons. The first-order valence-corrected chi connectivity index (χ1v) is 11.4. The second kappa shape index (κ2) is 7.24. The molecule has 0 bridgehead atoms. The third-order valence-electron chi connectivity index (χ3n) is 5.41. The second-order valence-corrected chi connectivity index (χ2v) is 9.43. The number of nitrogens with one attached hydrogen (secondary N) is 2. The number of hydrogen-bond donors (Lipinski definition) is 2. The highest BCUT2D eigenvalue weighted by atomic mass is 35.5. The minimum atomic E-state index is -3.66. The van der Waals surface area contributed by atoms with Crippen LogP contribution < -0.4 is 10.2 Å². The monoisotopic (exact) mass is 463 g/mol. The number of aromatic amines is 1. The number of nitrogens with zero attached hydrogens (tertiary/aromatic N) is 3. The van der Waals surface area contributed by atoms with E-state index in [2.05, 4.69) is 25.7 Å². The standard InChI is InChI=1S/C22H14ClN5O3S/c1-11-12(9-24)3-2-4-15(11)19-18(27-20-17(29)5-6-25-22(20)28-19)13-7-14-10-26-32(30,31)21(14)16(23)8-13/h2-8,26H,10H2,1H3,(H,25,28,29). The maximum absolute atomic E-state index is 12.4. The molecule has 0 saturated heterocycles. The molecule has 0 aliphatic carbocycles. The van der Waals surface area contributed by atoms with Crippen molar-refractivity contribution in [3.05, 3.63) is 74.5 Å². The molecule has 2 N–H and O–H groups in total. The van der Waals surface area contributed by atoms with Crippen molar-refractivity contribution in [3.63, 3.8) is 0 Å². The van der Waals surface area contributed by atoms with Gasteiger partial charge in [0, 0.05) is 29.9 Å². The van der Waals surface area contributed by atoms with Gasteiger partial charge in [0.25, 0.3) is 0 Å². The highest BCUT2D eigenvalue weighted by Gasteiger charge is 2.30.